The van der Waals surface area contributed by atoms with Crippen LogP contribution in [0.25, 0.3) is 0 Å². The minimum atomic E-state index is -4.70. The van der Waals surface area contributed by atoms with Gasteiger partial charge in [0.2, 0.25) is 0 Å². The lowest BCUT2D eigenvalue weighted by Gasteiger charge is -2.19. The van der Waals surface area contributed by atoms with Crippen LogP contribution in [0.1, 0.15) is 0 Å². The lowest BCUT2D eigenvalue weighted by atomic mass is 10.5. The molecular weight excluding hydrogens is 268 g/mol. The van der Waals surface area contributed by atoms with Crippen LogP contribution in [0.3, 0.4) is 0 Å². The van der Waals surface area contributed by atoms with E-state index in [2.05, 4.69) is 0 Å². The van der Waals surface area contributed by atoms with Crippen LogP contribution < -0.4 is 0 Å². The standard InChI is InChI=1S/C8H10N2O7S/c11-6-1-2-7(12)10(6)4-3-9(5-8(13)14)18(15,16)17/h1-2H,3-5H2,(H,13,14)(H,15,16,17). The molecule has 0 fully saturated rings. The number of carbonyl (C=O) groups excluding carboxylic acids is 2. The van der Waals surface area contributed by atoms with Gasteiger partial charge in [0.15, 0.2) is 0 Å². The molecule has 100 valence electrons. The van der Waals surface area contributed by atoms with Crippen molar-refractivity contribution in [1.29, 1.82) is 0 Å². The second-order valence-corrected chi connectivity index (χ2v) is 4.78. The third-order valence-corrected chi connectivity index (χ3v) is 3.08. The molecule has 1 heterocycles. The zero-order valence-corrected chi connectivity index (χ0v) is 9.83. The van der Waals surface area contributed by atoms with Gasteiger partial charge in [0.25, 0.3) is 11.8 Å². The summed E-state index contributed by atoms with van der Waals surface area (Å²) in [5.41, 5.74) is 0. The minimum absolute atomic E-state index is 0.244. The van der Waals surface area contributed by atoms with Crippen LogP contribution in [0.2, 0.25) is 0 Å². The van der Waals surface area contributed by atoms with Crippen LogP contribution in [0.5, 0.6) is 0 Å². The first-order valence-electron chi connectivity index (χ1n) is 4.69. The number of aliphatic carboxylic acids is 1. The maximum Gasteiger partial charge on any atom is 0.336 e. The smallest absolute Gasteiger partial charge is 0.336 e. The highest BCUT2D eigenvalue weighted by atomic mass is 32.2. The first kappa shape index (κ1) is 14.3. The molecule has 9 nitrogen and oxygen atoms in total. The second-order valence-electron chi connectivity index (χ2n) is 3.37. The van der Waals surface area contributed by atoms with E-state index < -0.39 is 41.2 Å². The van der Waals surface area contributed by atoms with Gasteiger partial charge in [-0.1, -0.05) is 0 Å². The van der Waals surface area contributed by atoms with Gasteiger partial charge in [-0.2, -0.15) is 12.7 Å². The van der Waals surface area contributed by atoms with E-state index in [1.807, 2.05) is 0 Å². The van der Waals surface area contributed by atoms with Gasteiger partial charge in [-0.15, -0.1) is 0 Å². The maximum absolute atomic E-state index is 11.1. The molecule has 0 aromatic carbocycles. The Morgan fingerprint density at radius 2 is 1.78 bits per heavy atom. The van der Waals surface area contributed by atoms with Crippen molar-refractivity contribution in [2.24, 2.45) is 0 Å². The van der Waals surface area contributed by atoms with Gasteiger partial charge in [0, 0.05) is 25.2 Å². The van der Waals surface area contributed by atoms with E-state index in [-0.39, 0.29) is 10.8 Å². The Balaban J connectivity index is 2.66. The highest BCUT2D eigenvalue weighted by Crippen LogP contribution is 2.05. The van der Waals surface area contributed by atoms with Crippen molar-refractivity contribution in [3.05, 3.63) is 12.2 Å². The van der Waals surface area contributed by atoms with Gasteiger partial charge < -0.3 is 5.11 Å². The van der Waals surface area contributed by atoms with Gasteiger partial charge in [0.05, 0.1) is 0 Å². The first-order chi connectivity index (χ1) is 8.21. The fourth-order valence-electron chi connectivity index (χ4n) is 1.29. The molecule has 0 aromatic rings. The van der Waals surface area contributed by atoms with E-state index in [9.17, 15) is 22.8 Å². The molecule has 0 aliphatic carbocycles. The van der Waals surface area contributed by atoms with Crippen molar-refractivity contribution >= 4 is 28.1 Å². The first-order valence-corrected chi connectivity index (χ1v) is 6.09. The van der Waals surface area contributed by atoms with E-state index in [1.165, 1.54) is 0 Å². The molecule has 2 N–H and O–H groups in total. The summed E-state index contributed by atoms with van der Waals surface area (Å²) in [6, 6.07) is 0. The molecule has 2 amide bonds. The van der Waals surface area contributed by atoms with Crippen LogP contribution >= 0.6 is 0 Å². The molecule has 0 atom stereocenters. The number of imide groups is 1. The van der Waals surface area contributed by atoms with Crippen LogP contribution in [0.15, 0.2) is 12.2 Å². The number of rotatable bonds is 6. The number of carbonyl (C=O) groups is 3. The lowest BCUT2D eigenvalue weighted by molar-refractivity contribution is -0.137. The molecule has 1 rings (SSSR count). The Morgan fingerprint density at radius 3 is 2.17 bits per heavy atom. The predicted molar refractivity (Wildman–Crippen MR) is 56.6 cm³/mol. The number of nitrogens with zero attached hydrogens (tertiary/aromatic N) is 2. The summed E-state index contributed by atoms with van der Waals surface area (Å²) in [5.74, 6) is -2.71. The normalized spacial score (nSPS) is 15.8. The SMILES string of the molecule is O=C(O)CN(CCN1C(=O)C=CC1=O)S(=O)(=O)O. The van der Waals surface area contributed by atoms with Gasteiger partial charge in [0.1, 0.15) is 6.54 Å². The Kier molecular flexibility index (Phi) is 4.16. The van der Waals surface area contributed by atoms with Crippen LogP contribution in [-0.2, 0) is 24.7 Å². The Hall–Kier alpha value is -1.78. The van der Waals surface area contributed by atoms with Crippen molar-refractivity contribution in [2.45, 2.75) is 0 Å². The van der Waals surface area contributed by atoms with E-state index >= 15 is 0 Å². The van der Waals surface area contributed by atoms with Gasteiger partial charge >= 0.3 is 16.3 Å². The van der Waals surface area contributed by atoms with Crippen LogP contribution in [-0.4, -0.2) is 64.7 Å². The van der Waals surface area contributed by atoms with Crippen LogP contribution in [0, 0.1) is 0 Å². The summed E-state index contributed by atoms with van der Waals surface area (Å²) in [6.45, 7) is -1.79. The topological polar surface area (TPSA) is 132 Å². The number of carboxylic acids is 1. The molecule has 18 heavy (non-hydrogen) atoms. The Labute approximate surface area is 102 Å². The van der Waals surface area contributed by atoms with Crippen LogP contribution in [0.4, 0.5) is 0 Å². The van der Waals surface area contributed by atoms with Crippen molar-refractivity contribution in [3.8, 4) is 0 Å². The molecule has 0 unspecified atom stereocenters. The number of hydrogen-bond acceptors (Lipinski definition) is 5. The average molecular weight is 278 g/mol. The molecule has 1 aliphatic heterocycles. The highest BCUT2D eigenvalue weighted by molar-refractivity contribution is 7.83. The zero-order chi connectivity index (χ0) is 13.9. The summed E-state index contributed by atoms with van der Waals surface area (Å²) in [5, 5.41) is 8.47. The molecule has 0 saturated heterocycles. The average Bonchev–Trinajstić information content (AvgIpc) is 2.52. The summed E-state index contributed by atoms with van der Waals surface area (Å²) in [7, 11) is -4.70. The molecule has 0 radical (unpaired) electrons. The van der Waals surface area contributed by atoms with E-state index in [4.69, 9.17) is 9.66 Å². The number of carboxylic acid groups (broad SMARTS) is 1. The number of amides is 2. The monoisotopic (exact) mass is 278 g/mol. The van der Waals surface area contributed by atoms with Crippen molar-refractivity contribution in [2.75, 3.05) is 19.6 Å². The molecule has 0 aromatic heterocycles. The second kappa shape index (κ2) is 5.25. The number of hydrogen-bond donors (Lipinski definition) is 2. The molecule has 0 bridgehead atoms. The summed E-state index contributed by atoms with van der Waals surface area (Å²) >= 11 is 0. The van der Waals surface area contributed by atoms with Crippen molar-refractivity contribution < 1.29 is 32.5 Å². The van der Waals surface area contributed by atoms with Gasteiger partial charge in [-0.25, -0.2) is 0 Å². The van der Waals surface area contributed by atoms with Crippen molar-refractivity contribution in [1.82, 2.24) is 9.21 Å². The minimum Gasteiger partial charge on any atom is -0.480 e. The maximum atomic E-state index is 11.1. The van der Waals surface area contributed by atoms with Gasteiger partial charge in [-0.3, -0.25) is 23.8 Å². The van der Waals surface area contributed by atoms with Gasteiger partial charge in [-0.05, 0) is 0 Å². The fraction of sp³-hybridized carbons (Fsp3) is 0.375. The lowest BCUT2D eigenvalue weighted by Crippen LogP contribution is -2.42. The molecular formula is C8H10N2O7S. The predicted octanol–water partition coefficient (Wildman–Crippen LogP) is -1.90. The summed E-state index contributed by atoms with van der Waals surface area (Å²) in [6.07, 6.45) is 2.02. The van der Waals surface area contributed by atoms with E-state index in [1.54, 1.807) is 0 Å². The summed E-state index contributed by atoms with van der Waals surface area (Å²) < 4.78 is 30.7. The Morgan fingerprint density at radius 1 is 1.28 bits per heavy atom. The zero-order valence-electron chi connectivity index (χ0n) is 9.01. The highest BCUT2D eigenvalue weighted by Gasteiger charge is 2.27. The molecule has 0 spiro atoms. The quantitative estimate of drug-likeness (QED) is 0.428. The third kappa shape index (κ3) is 3.61. The molecule has 0 saturated carbocycles. The van der Waals surface area contributed by atoms with E-state index in [0.29, 0.717) is 0 Å². The van der Waals surface area contributed by atoms with Crippen molar-refractivity contribution in [3.63, 3.8) is 0 Å². The largest absolute Gasteiger partial charge is 0.480 e. The molecule has 1 aliphatic rings. The molecule has 10 heteroatoms. The summed E-state index contributed by atoms with van der Waals surface area (Å²) in [4.78, 5) is 33.4. The third-order valence-electron chi connectivity index (χ3n) is 2.11. The van der Waals surface area contributed by atoms with E-state index in [0.717, 1.165) is 17.1 Å². The fourth-order valence-corrected chi connectivity index (χ4v) is 1.88. The Bertz CT molecular complexity index is 492.